The van der Waals surface area contributed by atoms with E-state index < -0.39 is 0 Å². The summed E-state index contributed by atoms with van der Waals surface area (Å²) in [5.74, 6) is 1.73. The molecular formula is C25H27ClN6O. The predicted molar refractivity (Wildman–Crippen MR) is 132 cm³/mol. The molecular weight excluding hydrogens is 436 g/mol. The van der Waals surface area contributed by atoms with Gasteiger partial charge in [-0.1, -0.05) is 44.5 Å². The zero-order valence-corrected chi connectivity index (χ0v) is 19.9. The van der Waals surface area contributed by atoms with Crippen LogP contribution in [0.25, 0.3) is 27.9 Å². The molecule has 2 aromatic carbocycles. The summed E-state index contributed by atoms with van der Waals surface area (Å²) in [6, 6.07) is 15.6. The van der Waals surface area contributed by atoms with Crippen molar-refractivity contribution >= 4 is 40.0 Å². The van der Waals surface area contributed by atoms with Gasteiger partial charge in [-0.05, 0) is 41.8 Å². The number of fused-ring (bicyclic) bond motifs is 3. The number of carbonyl (C=O) groups is 1. The van der Waals surface area contributed by atoms with Crippen LogP contribution in [0, 0.1) is 5.41 Å². The molecule has 170 valence electrons. The second kappa shape index (κ2) is 8.30. The van der Waals surface area contributed by atoms with E-state index in [9.17, 15) is 4.79 Å². The molecule has 4 aromatic rings. The van der Waals surface area contributed by atoms with Crippen molar-refractivity contribution in [1.29, 1.82) is 0 Å². The first-order chi connectivity index (χ1) is 15.8. The zero-order valence-electron chi connectivity index (χ0n) is 19.1. The van der Waals surface area contributed by atoms with E-state index in [2.05, 4.69) is 35.9 Å². The number of halogens is 1. The molecule has 1 fully saturated rings. The van der Waals surface area contributed by atoms with Gasteiger partial charge in [-0.15, -0.1) is 10.2 Å². The van der Waals surface area contributed by atoms with Crippen LogP contribution in [-0.2, 0) is 4.79 Å². The lowest BCUT2D eigenvalue weighted by Gasteiger charge is -2.36. The summed E-state index contributed by atoms with van der Waals surface area (Å²) < 4.78 is 2.03. The van der Waals surface area contributed by atoms with Crippen molar-refractivity contribution in [1.82, 2.24) is 24.5 Å². The van der Waals surface area contributed by atoms with Crippen molar-refractivity contribution < 1.29 is 4.79 Å². The first kappa shape index (κ1) is 21.6. The number of amides is 1. The molecule has 7 nitrogen and oxygen atoms in total. The number of hydrogen-bond donors (Lipinski definition) is 0. The second-order valence-corrected chi connectivity index (χ2v) is 10.2. The van der Waals surface area contributed by atoms with Crippen molar-refractivity contribution in [3.8, 4) is 11.4 Å². The van der Waals surface area contributed by atoms with Gasteiger partial charge in [0.2, 0.25) is 11.9 Å². The molecule has 0 N–H and O–H groups in total. The fourth-order valence-corrected chi connectivity index (χ4v) is 4.41. The lowest BCUT2D eigenvalue weighted by Crippen LogP contribution is -2.50. The topological polar surface area (TPSA) is 66.6 Å². The highest BCUT2D eigenvalue weighted by Gasteiger charge is 2.27. The SMILES string of the molecule is CC(C)(C)CC(=O)N1CCN(c2nc3ccccc3c3nnc(-c4ccc(Cl)cc4)n23)CC1. The van der Waals surface area contributed by atoms with Crippen molar-refractivity contribution in [3.63, 3.8) is 0 Å². The second-order valence-electron chi connectivity index (χ2n) is 9.72. The van der Waals surface area contributed by atoms with Crippen LogP contribution in [0.3, 0.4) is 0 Å². The Morgan fingerprint density at radius 2 is 1.67 bits per heavy atom. The van der Waals surface area contributed by atoms with Gasteiger partial charge >= 0.3 is 0 Å². The molecule has 0 bridgehead atoms. The Labute approximate surface area is 198 Å². The maximum Gasteiger partial charge on any atom is 0.223 e. The number of carbonyl (C=O) groups excluding carboxylic acids is 1. The molecule has 2 aromatic heterocycles. The van der Waals surface area contributed by atoms with Crippen molar-refractivity contribution in [2.75, 3.05) is 31.1 Å². The number of nitrogens with zero attached hydrogens (tertiary/aromatic N) is 6. The minimum Gasteiger partial charge on any atom is -0.339 e. The third-order valence-corrected chi connectivity index (χ3v) is 6.18. The van der Waals surface area contributed by atoms with Crippen LogP contribution in [0.15, 0.2) is 48.5 Å². The molecule has 0 radical (unpaired) electrons. The number of para-hydroxylation sites is 1. The van der Waals surface area contributed by atoms with Crippen LogP contribution < -0.4 is 4.90 Å². The van der Waals surface area contributed by atoms with Gasteiger partial charge < -0.3 is 9.80 Å². The van der Waals surface area contributed by atoms with Gasteiger partial charge in [-0.25, -0.2) is 9.38 Å². The van der Waals surface area contributed by atoms with Gasteiger partial charge in [0.25, 0.3) is 0 Å². The summed E-state index contributed by atoms with van der Waals surface area (Å²) in [7, 11) is 0. The maximum atomic E-state index is 12.7. The van der Waals surface area contributed by atoms with Crippen molar-refractivity contribution in [2.24, 2.45) is 5.41 Å². The van der Waals surface area contributed by atoms with Crippen molar-refractivity contribution in [2.45, 2.75) is 27.2 Å². The molecule has 0 atom stereocenters. The number of anilines is 1. The Hall–Kier alpha value is -3.19. The quantitative estimate of drug-likeness (QED) is 0.442. The lowest BCUT2D eigenvalue weighted by molar-refractivity contribution is -0.133. The minimum atomic E-state index is -0.0176. The third kappa shape index (κ3) is 4.25. The van der Waals surface area contributed by atoms with E-state index in [1.165, 1.54) is 0 Å². The summed E-state index contributed by atoms with van der Waals surface area (Å²) in [6.45, 7) is 9.04. The molecule has 0 spiro atoms. The van der Waals surface area contributed by atoms with E-state index in [1.54, 1.807) is 0 Å². The lowest BCUT2D eigenvalue weighted by atomic mass is 9.91. The first-order valence-electron chi connectivity index (χ1n) is 11.2. The van der Waals surface area contributed by atoms with E-state index in [-0.39, 0.29) is 11.3 Å². The van der Waals surface area contributed by atoms with Crippen LogP contribution in [0.5, 0.6) is 0 Å². The highest BCUT2D eigenvalue weighted by atomic mass is 35.5. The molecule has 1 saturated heterocycles. The average molecular weight is 463 g/mol. The highest BCUT2D eigenvalue weighted by molar-refractivity contribution is 6.30. The Balaban J connectivity index is 1.54. The maximum absolute atomic E-state index is 12.7. The highest BCUT2D eigenvalue weighted by Crippen LogP contribution is 2.30. The molecule has 33 heavy (non-hydrogen) atoms. The Morgan fingerprint density at radius 1 is 0.970 bits per heavy atom. The van der Waals surface area contributed by atoms with E-state index in [4.69, 9.17) is 16.6 Å². The van der Waals surface area contributed by atoms with Crippen LogP contribution in [0.2, 0.25) is 5.02 Å². The van der Waals surface area contributed by atoms with Crippen LogP contribution in [0.1, 0.15) is 27.2 Å². The Bertz CT molecular complexity index is 1320. The zero-order chi connectivity index (χ0) is 23.2. The van der Waals surface area contributed by atoms with E-state index in [0.717, 1.165) is 33.9 Å². The van der Waals surface area contributed by atoms with Gasteiger partial charge in [0, 0.05) is 48.6 Å². The molecule has 0 unspecified atom stereocenters. The van der Waals surface area contributed by atoms with Gasteiger partial charge in [0.1, 0.15) is 0 Å². The van der Waals surface area contributed by atoms with Gasteiger partial charge in [-0.2, -0.15) is 0 Å². The minimum absolute atomic E-state index is 0.0176. The van der Waals surface area contributed by atoms with Gasteiger partial charge in [0.05, 0.1) is 5.52 Å². The number of hydrogen-bond acceptors (Lipinski definition) is 5. The standard InChI is InChI=1S/C25H27ClN6O/c1-25(2,3)16-21(33)30-12-14-31(15-13-30)24-27-20-7-5-4-6-19(20)23-29-28-22(32(23)24)17-8-10-18(26)11-9-17/h4-11H,12-16H2,1-3H3. The largest absolute Gasteiger partial charge is 0.339 e. The fraction of sp³-hybridized carbons (Fsp3) is 0.360. The Morgan fingerprint density at radius 3 is 2.36 bits per heavy atom. The fourth-order valence-electron chi connectivity index (χ4n) is 4.29. The number of aromatic nitrogens is 4. The van der Waals surface area contributed by atoms with Crippen LogP contribution in [-0.4, -0.2) is 56.6 Å². The molecule has 8 heteroatoms. The third-order valence-electron chi connectivity index (χ3n) is 5.93. The molecule has 1 amide bonds. The van der Waals surface area contributed by atoms with E-state index >= 15 is 0 Å². The Kier molecular flexibility index (Phi) is 5.44. The van der Waals surface area contributed by atoms with Gasteiger partial charge in [0.15, 0.2) is 11.5 Å². The molecule has 3 heterocycles. The van der Waals surface area contributed by atoms with Gasteiger partial charge in [-0.3, -0.25) is 4.79 Å². The number of rotatable bonds is 3. The summed E-state index contributed by atoms with van der Waals surface area (Å²) in [5, 5.41) is 10.7. The summed E-state index contributed by atoms with van der Waals surface area (Å²) >= 11 is 6.11. The predicted octanol–water partition coefficient (Wildman–Crippen LogP) is 4.68. The molecule has 0 saturated carbocycles. The summed E-state index contributed by atoms with van der Waals surface area (Å²) in [6.07, 6.45) is 0.553. The van der Waals surface area contributed by atoms with Crippen LogP contribution >= 0.6 is 11.6 Å². The first-order valence-corrected chi connectivity index (χ1v) is 11.6. The monoisotopic (exact) mass is 462 g/mol. The normalized spacial score (nSPS) is 14.9. The number of benzene rings is 2. The molecule has 5 rings (SSSR count). The summed E-state index contributed by atoms with van der Waals surface area (Å²) in [5.41, 5.74) is 2.55. The van der Waals surface area contributed by atoms with E-state index in [1.807, 2.05) is 57.8 Å². The van der Waals surface area contributed by atoms with Crippen molar-refractivity contribution in [3.05, 3.63) is 53.6 Å². The van der Waals surface area contributed by atoms with E-state index in [0.29, 0.717) is 37.6 Å². The van der Waals surface area contributed by atoms with Crippen LogP contribution in [0.4, 0.5) is 5.95 Å². The molecule has 0 aliphatic carbocycles. The summed E-state index contributed by atoms with van der Waals surface area (Å²) in [4.78, 5) is 21.9. The smallest absolute Gasteiger partial charge is 0.223 e. The average Bonchev–Trinajstić information content (AvgIpc) is 3.23. The molecule has 1 aliphatic rings. The number of piperazine rings is 1. The molecule has 1 aliphatic heterocycles.